The van der Waals surface area contributed by atoms with Crippen molar-refractivity contribution in [2.75, 3.05) is 12.4 Å². The van der Waals surface area contributed by atoms with Crippen molar-refractivity contribution in [3.05, 3.63) is 106 Å². The van der Waals surface area contributed by atoms with Crippen LogP contribution in [0.4, 0.5) is 19.0 Å². The van der Waals surface area contributed by atoms with Gasteiger partial charge in [-0.3, -0.25) is 9.36 Å². The predicted molar refractivity (Wildman–Crippen MR) is 154 cm³/mol. The number of rotatable bonds is 6. The molecule has 0 fully saturated rings. The van der Waals surface area contributed by atoms with Gasteiger partial charge in [-0.05, 0) is 48.2 Å². The number of hydrogen-bond donors (Lipinski definition) is 1. The Hall–Kier alpha value is -4.77. The molecule has 4 aromatic heterocycles. The number of fused-ring (bicyclic) bond motifs is 2. The van der Waals surface area contributed by atoms with Gasteiger partial charge < -0.3 is 10.1 Å². The number of hydrogen-bond acceptors (Lipinski definition) is 7. The van der Waals surface area contributed by atoms with Crippen LogP contribution in [-0.2, 0) is 6.18 Å². The zero-order valence-corrected chi connectivity index (χ0v) is 22.6. The summed E-state index contributed by atoms with van der Waals surface area (Å²) in [4.78, 5) is 27.1. The average Bonchev–Trinajstić information content (AvgIpc) is 3.46. The molecule has 1 N–H and O–H groups in total. The van der Waals surface area contributed by atoms with Crippen molar-refractivity contribution in [3.63, 3.8) is 0 Å². The molecule has 206 valence electrons. The molecule has 0 saturated carbocycles. The summed E-state index contributed by atoms with van der Waals surface area (Å²) in [7, 11) is 1.13. The van der Waals surface area contributed by atoms with Crippen molar-refractivity contribution in [1.29, 1.82) is 0 Å². The second-order valence-corrected chi connectivity index (χ2v) is 10.2. The summed E-state index contributed by atoms with van der Waals surface area (Å²) in [6.45, 7) is 1.92. The van der Waals surface area contributed by atoms with E-state index in [-0.39, 0.29) is 16.5 Å². The highest BCUT2D eigenvalue weighted by atomic mass is 32.1. The average molecular weight is 574 g/mol. The van der Waals surface area contributed by atoms with Crippen molar-refractivity contribution in [2.24, 2.45) is 0 Å². The Bertz CT molecular complexity index is 1950. The second kappa shape index (κ2) is 10.3. The normalized spacial score (nSPS) is 12.5. The van der Waals surface area contributed by atoms with Gasteiger partial charge in [0, 0.05) is 29.3 Å². The first kappa shape index (κ1) is 26.5. The fraction of sp³-hybridized carbons (Fsp3) is 0.133. The lowest BCUT2D eigenvalue weighted by Gasteiger charge is -2.22. The number of benzene rings is 2. The zero-order chi connectivity index (χ0) is 28.7. The number of nitrogens with one attached hydrogen (secondary N) is 1. The largest absolute Gasteiger partial charge is 0.481 e. The van der Waals surface area contributed by atoms with Crippen LogP contribution in [0.3, 0.4) is 0 Å². The Labute approximate surface area is 235 Å². The van der Waals surface area contributed by atoms with Gasteiger partial charge in [0.15, 0.2) is 5.82 Å². The van der Waals surface area contributed by atoms with Crippen molar-refractivity contribution in [3.8, 4) is 22.7 Å². The SMILES string of the molecule is COc1ncc(-c2cccc3cc([C@H](C)Nc4nccc5scnc45)n(-c4ccccc4)c(=O)c23)cc1C(F)(F)F. The van der Waals surface area contributed by atoms with E-state index in [1.807, 2.05) is 49.4 Å². The van der Waals surface area contributed by atoms with Crippen molar-refractivity contribution in [2.45, 2.75) is 19.1 Å². The Morgan fingerprint density at radius 3 is 2.56 bits per heavy atom. The summed E-state index contributed by atoms with van der Waals surface area (Å²) < 4.78 is 48.8. The molecule has 0 spiro atoms. The highest BCUT2D eigenvalue weighted by Crippen LogP contribution is 2.38. The highest BCUT2D eigenvalue weighted by Gasteiger charge is 2.36. The first-order valence-corrected chi connectivity index (χ1v) is 13.4. The zero-order valence-electron chi connectivity index (χ0n) is 21.8. The number of methoxy groups -OCH3 is 1. The topological polar surface area (TPSA) is 81.9 Å². The van der Waals surface area contributed by atoms with Crippen LogP contribution in [0.25, 0.3) is 37.8 Å². The van der Waals surface area contributed by atoms with Crippen LogP contribution >= 0.6 is 11.3 Å². The molecule has 0 aliphatic heterocycles. The fourth-order valence-corrected chi connectivity index (χ4v) is 5.60. The number of nitrogens with zero attached hydrogens (tertiary/aromatic N) is 4. The van der Waals surface area contributed by atoms with Gasteiger partial charge in [-0.25, -0.2) is 15.0 Å². The molecule has 0 saturated heterocycles. The number of para-hydroxylation sites is 1. The predicted octanol–water partition coefficient (Wildman–Crippen LogP) is 7.26. The molecule has 4 heterocycles. The number of halogens is 3. The van der Waals surface area contributed by atoms with E-state index in [1.54, 1.807) is 34.5 Å². The van der Waals surface area contributed by atoms with Crippen LogP contribution in [-0.4, -0.2) is 26.6 Å². The Morgan fingerprint density at radius 2 is 1.80 bits per heavy atom. The molecular formula is C30H22F3N5O2S. The number of alkyl halides is 3. The van der Waals surface area contributed by atoms with E-state index in [9.17, 15) is 18.0 Å². The monoisotopic (exact) mass is 573 g/mol. The number of anilines is 1. The quantitative estimate of drug-likeness (QED) is 0.226. The smallest absolute Gasteiger partial charge is 0.421 e. The third kappa shape index (κ3) is 4.78. The highest BCUT2D eigenvalue weighted by molar-refractivity contribution is 7.16. The van der Waals surface area contributed by atoms with Crippen LogP contribution < -0.4 is 15.6 Å². The maximum atomic E-state index is 14.3. The van der Waals surface area contributed by atoms with Gasteiger partial charge in [-0.2, -0.15) is 13.2 Å². The first-order chi connectivity index (χ1) is 19.8. The molecule has 2 aromatic carbocycles. The summed E-state index contributed by atoms with van der Waals surface area (Å²) in [5.74, 6) is 0.0512. The van der Waals surface area contributed by atoms with Gasteiger partial charge >= 0.3 is 6.18 Å². The van der Waals surface area contributed by atoms with Crippen molar-refractivity contribution in [1.82, 2.24) is 19.5 Å². The van der Waals surface area contributed by atoms with Gasteiger partial charge in [0.05, 0.1) is 28.7 Å². The number of pyridine rings is 3. The minimum atomic E-state index is -4.69. The summed E-state index contributed by atoms with van der Waals surface area (Å²) in [5, 5.41) is 4.24. The Morgan fingerprint density at radius 1 is 1.00 bits per heavy atom. The lowest BCUT2D eigenvalue weighted by Crippen LogP contribution is -2.26. The van der Waals surface area contributed by atoms with Crippen molar-refractivity contribution >= 4 is 38.1 Å². The molecule has 11 heteroatoms. The maximum absolute atomic E-state index is 14.3. The van der Waals surface area contributed by atoms with Crippen LogP contribution in [0.2, 0.25) is 0 Å². The molecule has 0 aliphatic carbocycles. The van der Waals surface area contributed by atoms with Gasteiger partial charge in [0.1, 0.15) is 11.1 Å². The van der Waals surface area contributed by atoms with E-state index < -0.39 is 23.7 Å². The minimum Gasteiger partial charge on any atom is -0.481 e. The molecule has 41 heavy (non-hydrogen) atoms. The third-order valence-electron chi connectivity index (χ3n) is 6.80. The molecule has 0 radical (unpaired) electrons. The van der Waals surface area contributed by atoms with E-state index in [0.717, 1.165) is 23.4 Å². The summed E-state index contributed by atoms with van der Waals surface area (Å²) in [6.07, 6.45) is -1.70. The number of thiazole rings is 1. The number of aromatic nitrogens is 4. The van der Waals surface area contributed by atoms with Crippen LogP contribution in [0.5, 0.6) is 5.88 Å². The van der Waals surface area contributed by atoms with Crippen LogP contribution in [0.15, 0.2) is 89.4 Å². The van der Waals surface area contributed by atoms with E-state index >= 15 is 0 Å². The molecule has 0 aliphatic rings. The first-order valence-electron chi connectivity index (χ1n) is 12.6. The molecule has 0 amide bonds. The molecule has 6 aromatic rings. The maximum Gasteiger partial charge on any atom is 0.421 e. The number of ether oxygens (including phenoxy) is 1. The summed E-state index contributed by atoms with van der Waals surface area (Å²) >= 11 is 1.50. The molecule has 6 rings (SSSR count). The fourth-order valence-electron chi connectivity index (χ4n) is 4.93. The molecule has 1 atom stereocenters. The molecule has 7 nitrogen and oxygen atoms in total. The Kier molecular flexibility index (Phi) is 6.66. The van der Waals surface area contributed by atoms with Crippen LogP contribution in [0.1, 0.15) is 24.2 Å². The van der Waals surface area contributed by atoms with E-state index in [1.165, 1.54) is 17.5 Å². The lowest BCUT2D eigenvalue weighted by molar-refractivity contribution is -0.139. The van der Waals surface area contributed by atoms with Gasteiger partial charge in [0.2, 0.25) is 5.88 Å². The summed E-state index contributed by atoms with van der Waals surface area (Å²) in [6, 6.07) is 18.5. The van der Waals surface area contributed by atoms with E-state index in [0.29, 0.717) is 28.1 Å². The molecule has 0 unspecified atom stereocenters. The van der Waals surface area contributed by atoms with Gasteiger partial charge in [0.25, 0.3) is 5.56 Å². The van der Waals surface area contributed by atoms with E-state index in [2.05, 4.69) is 20.3 Å². The minimum absolute atomic E-state index is 0.152. The van der Waals surface area contributed by atoms with Crippen molar-refractivity contribution < 1.29 is 17.9 Å². The molecule has 0 bridgehead atoms. The standard InChI is InChI=1S/C30H22F3N5O2S/c1-17(37-27-26-24(11-12-34-27)41-16-36-26)23-14-18-7-6-10-21(19-13-22(30(31,32)33)28(40-2)35-15-19)25(18)29(39)38(23)20-8-4-3-5-9-20/h3-17H,1-2H3,(H,34,37)/t17-/m0/s1. The van der Waals surface area contributed by atoms with Crippen LogP contribution in [0, 0.1) is 0 Å². The third-order valence-corrected chi connectivity index (χ3v) is 7.59. The van der Waals surface area contributed by atoms with Gasteiger partial charge in [-0.15, -0.1) is 11.3 Å². The molecular weight excluding hydrogens is 551 g/mol. The Balaban J connectivity index is 1.57. The van der Waals surface area contributed by atoms with Gasteiger partial charge in [-0.1, -0.05) is 36.4 Å². The summed E-state index contributed by atoms with van der Waals surface area (Å²) in [5.41, 5.74) is 2.82. The van der Waals surface area contributed by atoms with E-state index in [4.69, 9.17) is 4.74 Å². The second-order valence-electron chi connectivity index (χ2n) is 9.32. The lowest BCUT2D eigenvalue weighted by atomic mass is 9.97.